The van der Waals surface area contributed by atoms with Crippen LogP contribution in [-0.4, -0.2) is 39.0 Å². The highest BCUT2D eigenvalue weighted by Crippen LogP contribution is 2.55. The molecule has 0 radical (unpaired) electrons. The quantitative estimate of drug-likeness (QED) is 0.224. The number of fused-ring (bicyclic) bond motifs is 1. The molecule has 0 amide bonds. The van der Waals surface area contributed by atoms with Gasteiger partial charge in [-0.1, -0.05) is 38.0 Å². The number of carboxylic acid groups (broad SMARTS) is 1. The minimum absolute atomic E-state index is 0.119. The highest BCUT2D eigenvalue weighted by molar-refractivity contribution is 8.22. The molecule has 2 aromatic carbocycles. The van der Waals surface area contributed by atoms with Crippen molar-refractivity contribution in [1.29, 1.82) is 0 Å². The van der Waals surface area contributed by atoms with E-state index in [9.17, 15) is 13.9 Å². The highest BCUT2D eigenvalue weighted by atomic mass is 32.3. The average molecular weight is 465 g/mol. The lowest BCUT2D eigenvalue weighted by molar-refractivity contribution is -0.131. The van der Waals surface area contributed by atoms with Crippen molar-refractivity contribution in [2.24, 2.45) is 0 Å². The lowest BCUT2D eigenvalue weighted by Crippen LogP contribution is -2.37. The predicted molar refractivity (Wildman–Crippen MR) is 127 cm³/mol. The van der Waals surface area contributed by atoms with E-state index in [0.29, 0.717) is 22.9 Å². The van der Waals surface area contributed by atoms with Crippen molar-refractivity contribution >= 4 is 39.9 Å². The molecule has 1 aliphatic heterocycles. The molecule has 0 bridgehead atoms. The first-order chi connectivity index (χ1) is 14.9. The summed E-state index contributed by atoms with van der Waals surface area (Å²) < 4.78 is 30.7. The fraction of sp³-hybridized carbons (Fsp3) is 0.318. The summed E-state index contributed by atoms with van der Waals surface area (Å²) in [5.41, 5.74) is 1.65. The first-order valence-corrected chi connectivity index (χ1v) is 12.8. The van der Waals surface area contributed by atoms with Crippen LogP contribution >= 0.6 is 22.5 Å². The largest absolute Gasteiger partial charge is 0.478 e. The number of unbranched alkanes of at least 4 members (excludes halogenated alkanes) is 1. The first kappa shape index (κ1) is 23.5. The van der Waals surface area contributed by atoms with E-state index in [0.717, 1.165) is 42.2 Å². The van der Waals surface area contributed by atoms with Gasteiger partial charge in [0.05, 0.1) is 22.9 Å². The molecular weight excluding hydrogens is 436 g/mol. The zero-order valence-corrected chi connectivity index (χ0v) is 19.2. The Balaban J connectivity index is 2.12. The number of rotatable bonds is 8. The van der Waals surface area contributed by atoms with Crippen LogP contribution in [0.15, 0.2) is 64.6 Å². The van der Waals surface area contributed by atoms with Gasteiger partial charge in [-0.05, 0) is 30.9 Å². The monoisotopic (exact) mass is 464 g/mol. The van der Waals surface area contributed by atoms with Gasteiger partial charge in [-0.3, -0.25) is 9.11 Å². The van der Waals surface area contributed by atoms with E-state index in [1.165, 1.54) is 11.8 Å². The van der Waals surface area contributed by atoms with Crippen molar-refractivity contribution in [3.8, 4) is 5.75 Å². The van der Waals surface area contributed by atoms with Crippen LogP contribution in [0.4, 0.5) is 11.4 Å². The lowest BCUT2D eigenvalue weighted by Gasteiger charge is -2.35. The number of anilines is 2. The predicted octanol–water partition coefficient (Wildman–Crippen LogP) is 5.71. The van der Waals surface area contributed by atoms with Crippen LogP contribution in [0.25, 0.3) is 0 Å². The van der Waals surface area contributed by atoms with E-state index < -0.39 is 16.7 Å². The first-order valence-electron chi connectivity index (χ1n) is 10.0. The number of ether oxygens (including phenoxy) is 1. The number of carboxylic acids is 1. The third-order valence-corrected chi connectivity index (χ3v) is 7.32. The normalized spacial score (nSPS) is 19.0. The van der Waals surface area contributed by atoms with E-state index in [1.807, 2.05) is 42.7 Å². The van der Waals surface area contributed by atoms with Gasteiger partial charge < -0.3 is 14.7 Å². The minimum Gasteiger partial charge on any atom is -0.478 e. The molecule has 1 heterocycles. The van der Waals surface area contributed by atoms with Crippen LogP contribution < -0.4 is 14.4 Å². The SMILES string of the molecule is CCCCC1CN(c2ccccc2)c2cc(SC)c(O/C=C/C(=O)O)cc2S(O)(O)N1. The Bertz CT molecular complexity index is 937. The summed E-state index contributed by atoms with van der Waals surface area (Å²) in [5.74, 6) is -0.758. The van der Waals surface area contributed by atoms with Crippen LogP contribution in [0.5, 0.6) is 5.75 Å². The molecule has 0 saturated heterocycles. The number of para-hydroxylation sites is 1. The van der Waals surface area contributed by atoms with Crippen LogP contribution in [0.1, 0.15) is 26.2 Å². The molecule has 3 rings (SSSR count). The van der Waals surface area contributed by atoms with Crippen molar-refractivity contribution in [2.45, 2.75) is 42.0 Å². The Labute approximate surface area is 188 Å². The van der Waals surface area contributed by atoms with Gasteiger partial charge in [0.15, 0.2) is 0 Å². The molecule has 1 atom stereocenters. The molecule has 1 unspecified atom stereocenters. The van der Waals surface area contributed by atoms with E-state index in [1.54, 1.807) is 6.07 Å². The van der Waals surface area contributed by atoms with E-state index in [4.69, 9.17) is 9.84 Å². The third kappa shape index (κ3) is 5.75. The summed E-state index contributed by atoms with van der Waals surface area (Å²) in [5, 5.41) is 8.83. The Kier molecular flexibility index (Phi) is 7.90. The van der Waals surface area contributed by atoms with Gasteiger partial charge in [0.25, 0.3) is 0 Å². The highest BCUT2D eigenvalue weighted by Gasteiger charge is 2.33. The van der Waals surface area contributed by atoms with Gasteiger partial charge in [0, 0.05) is 24.3 Å². The molecule has 0 aromatic heterocycles. The maximum absolute atomic E-state index is 11.1. The van der Waals surface area contributed by atoms with Gasteiger partial charge in [-0.2, -0.15) is 0 Å². The molecule has 0 fully saturated rings. The number of nitrogens with zero attached hydrogens (tertiary/aromatic N) is 1. The fourth-order valence-electron chi connectivity index (χ4n) is 3.49. The second kappa shape index (κ2) is 10.4. The maximum Gasteiger partial charge on any atom is 0.331 e. The van der Waals surface area contributed by atoms with Crippen LogP contribution in [0, 0.1) is 0 Å². The summed E-state index contributed by atoms with van der Waals surface area (Å²) in [4.78, 5) is 14.0. The van der Waals surface area contributed by atoms with Gasteiger partial charge in [-0.25, -0.2) is 9.52 Å². The molecule has 9 heteroatoms. The number of hydrogen-bond donors (Lipinski definition) is 4. The van der Waals surface area contributed by atoms with Crippen LogP contribution in [0.3, 0.4) is 0 Å². The molecule has 1 aliphatic rings. The Morgan fingerprint density at radius 3 is 2.71 bits per heavy atom. The van der Waals surface area contributed by atoms with E-state index >= 15 is 0 Å². The van der Waals surface area contributed by atoms with Crippen molar-refractivity contribution < 1.29 is 23.7 Å². The second-order valence-corrected chi connectivity index (χ2v) is 9.80. The molecular formula is C22H28N2O5S2. The van der Waals surface area contributed by atoms with Crippen molar-refractivity contribution in [3.05, 3.63) is 54.8 Å². The molecule has 2 aromatic rings. The zero-order chi connectivity index (χ0) is 22.4. The summed E-state index contributed by atoms with van der Waals surface area (Å²) in [6.45, 7) is 2.69. The maximum atomic E-state index is 11.1. The van der Waals surface area contributed by atoms with Gasteiger partial charge in [0.2, 0.25) is 0 Å². The fourth-order valence-corrected chi connectivity index (χ4v) is 5.55. The zero-order valence-electron chi connectivity index (χ0n) is 17.5. The molecule has 168 valence electrons. The number of benzene rings is 2. The molecule has 31 heavy (non-hydrogen) atoms. The van der Waals surface area contributed by atoms with Gasteiger partial charge >= 0.3 is 5.97 Å². The number of carbonyl (C=O) groups is 1. The Hall–Kier alpha value is -2.17. The third-order valence-electron chi connectivity index (χ3n) is 4.96. The molecule has 7 nitrogen and oxygen atoms in total. The summed E-state index contributed by atoms with van der Waals surface area (Å²) in [6, 6.07) is 13.2. The van der Waals surface area contributed by atoms with Crippen molar-refractivity contribution in [3.63, 3.8) is 0 Å². The van der Waals surface area contributed by atoms with Gasteiger partial charge in [0.1, 0.15) is 10.6 Å². The van der Waals surface area contributed by atoms with E-state index in [2.05, 4.69) is 16.5 Å². The van der Waals surface area contributed by atoms with Crippen LogP contribution in [-0.2, 0) is 4.79 Å². The van der Waals surface area contributed by atoms with E-state index in [-0.39, 0.29) is 6.04 Å². The number of thioether (sulfide) groups is 1. The number of hydrogen-bond acceptors (Lipinski definition) is 7. The molecule has 0 aliphatic carbocycles. The minimum atomic E-state index is -3.31. The smallest absolute Gasteiger partial charge is 0.331 e. The summed E-state index contributed by atoms with van der Waals surface area (Å²) >= 11 is 1.44. The van der Waals surface area contributed by atoms with Crippen LogP contribution in [0.2, 0.25) is 0 Å². The Morgan fingerprint density at radius 2 is 2.06 bits per heavy atom. The molecule has 0 saturated carbocycles. The van der Waals surface area contributed by atoms with Gasteiger partial charge in [-0.15, -0.1) is 22.5 Å². The summed E-state index contributed by atoms with van der Waals surface area (Å²) in [6.07, 6.45) is 6.65. The topological polar surface area (TPSA) is 102 Å². The standard InChI is InChI=1S/C22H28N2O5S2/c1-3-4-8-16-15-24(17-9-6-5-7-10-17)18-13-20(30-2)19(29-12-11-22(25)26)14-21(18)31(27,28)23-16/h5-7,9-14,16,23,27-28H,3-4,8,15H2,1-2H3,(H,25,26)/b12-11+. The average Bonchev–Trinajstić information content (AvgIpc) is 2.85. The lowest BCUT2D eigenvalue weighted by atomic mass is 10.1. The van der Waals surface area contributed by atoms with Crippen molar-refractivity contribution in [1.82, 2.24) is 4.72 Å². The second-order valence-electron chi connectivity index (χ2n) is 7.18. The Morgan fingerprint density at radius 1 is 1.32 bits per heavy atom. The number of nitrogens with one attached hydrogen (secondary N) is 1. The van der Waals surface area contributed by atoms with Crippen molar-refractivity contribution in [2.75, 3.05) is 17.7 Å². The summed E-state index contributed by atoms with van der Waals surface area (Å²) in [7, 11) is -3.31. The molecule has 0 spiro atoms. The number of aliphatic carboxylic acids is 1. The molecule has 4 N–H and O–H groups in total.